The topological polar surface area (TPSA) is 62.7 Å². The van der Waals surface area contributed by atoms with E-state index in [1.165, 1.54) is 17.8 Å². The molecule has 1 aromatic heterocycles. The summed E-state index contributed by atoms with van der Waals surface area (Å²) in [7, 11) is 1.59. The van der Waals surface area contributed by atoms with Gasteiger partial charge < -0.3 is 14.7 Å². The summed E-state index contributed by atoms with van der Waals surface area (Å²) in [6.07, 6.45) is 3.21. The summed E-state index contributed by atoms with van der Waals surface area (Å²) in [6.45, 7) is 2.49. The third-order valence-electron chi connectivity index (χ3n) is 7.32. The van der Waals surface area contributed by atoms with Gasteiger partial charge in [0.25, 0.3) is 0 Å². The number of fused-ring (bicyclic) bond motifs is 1. The highest BCUT2D eigenvalue weighted by Gasteiger charge is 2.30. The maximum Gasteiger partial charge on any atom is 0.303 e. The molecule has 0 radical (unpaired) electrons. The Balaban J connectivity index is 1.35. The lowest BCUT2D eigenvalue weighted by molar-refractivity contribution is -0.137. The fraction of sp³-hybridized carbons (Fsp3) is 0.448. The molecule has 3 aromatic rings. The van der Waals surface area contributed by atoms with Gasteiger partial charge in [-0.3, -0.25) is 9.78 Å². The van der Waals surface area contributed by atoms with Crippen molar-refractivity contribution in [1.29, 1.82) is 0 Å². The van der Waals surface area contributed by atoms with Crippen LogP contribution in [0.3, 0.4) is 0 Å². The molecule has 0 spiro atoms. The number of aromatic nitrogens is 1. The normalized spacial score (nSPS) is 19.1. The van der Waals surface area contributed by atoms with Crippen LogP contribution in [0.2, 0.25) is 0 Å². The largest absolute Gasteiger partial charge is 0.497 e. The van der Waals surface area contributed by atoms with Crippen molar-refractivity contribution in [1.82, 2.24) is 9.88 Å². The Morgan fingerprint density at radius 3 is 2.84 bits per heavy atom. The number of carboxylic acid groups (broad SMARTS) is 1. The van der Waals surface area contributed by atoms with Gasteiger partial charge in [0, 0.05) is 41.7 Å². The maximum absolute atomic E-state index is 15.5. The molecule has 1 N–H and O–H groups in total. The predicted octanol–water partition coefficient (Wildman–Crippen LogP) is 6.77. The molecule has 2 heterocycles. The minimum atomic E-state index is -1.13. The van der Waals surface area contributed by atoms with Crippen molar-refractivity contribution in [2.75, 3.05) is 32.5 Å². The number of piperidine rings is 1. The van der Waals surface area contributed by atoms with E-state index in [1.54, 1.807) is 31.5 Å². The molecular weight excluding hydrogens is 494 g/mol. The first-order valence-electron chi connectivity index (χ1n) is 12.8. The lowest BCUT2D eigenvalue weighted by Crippen LogP contribution is -2.41. The van der Waals surface area contributed by atoms with Gasteiger partial charge >= 0.3 is 5.97 Å². The van der Waals surface area contributed by atoms with Crippen molar-refractivity contribution in [3.8, 4) is 5.75 Å². The molecule has 5 nitrogen and oxygen atoms in total. The summed E-state index contributed by atoms with van der Waals surface area (Å²) in [5.41, 5.74) is 1.36. The number of benzene rings is 2. The van der Waals surface area contributed by atoms with Crippen molar-refractivity contribution in [3.63, 3.8) is 0 Å². The van der Waals surface area contributed by atoms with E-state index in [9.17, 15) is 14.3 Å². The number of likely N-dealkylation sites (tertiary alicyclic amines) is 1. The van der Waals surface area contributed by atoms with Crippen LogP contribution in [0.4, 0.5) is 8.78 Å². The number of nitrogens with zero attached hydrogens (tertiary/aromatic N) is 2. The van der Waals surface area contributed by atoms with Crippen LogP contribution in [0, 0.1) is 17.7 Å². The molecule has 3 atom stereocenters. The second-order valence-electron chi connectivity index (χ2n) is 9.65. The first-order chi connectivity index (χ1) is 17.9. The van der Waals surface area contributed by atoms with E-state index in [2.05, 4.69) is 9.88 Å². The van der Waals surface area contributed by atoms with Gasteiger partial charge in [-0.25, -0.2) is 8.78 Å². The standard InChI is InChI=1S/C29H34F2N2O3S/c1-36-22-8-10-27-24(18-22)23(12-14-32-27)25(30)9-6-20-13-15-33(19-21(20)7-11-29(34)35)16-17-37-28-5-3-2-4-26(28)31/h2-5,8,10,12,14,18,20-21,25H,6-7,9,11,13,15-17,19H2,1H3,(H,34,35)/t20-,21-,25-/m1/s1. The van der Waals surface area contributed by atoms with Crippen LogP contribution in [-0.2, 0) is 4.79 Å². The second kappa shape index (κ2) is 13.2. The summed E-state index contributed by atoms with van der Waals surface area (Å²) < 4.78 is 34.8. The third kappa shape index (κ3) is 7.42. The fourth-order valence-electron chi connectivity index (χ4n) is 5.28. The van der Waals surface area contributed by atoms with Gasteiger partial charge in [-0.2, -0.15) is 0 Å². The van der Waals surface area contributed by atoms with Crippen molar-refractivity contribution in [3.05, 3.63) is 66.1 Å². The number of carbonyl (C=O) groups is 1. The molecule has 0 unspecified atom stereocenters. The van der Waals surface area contributed by atoms with Crippen LogP contribution in [0.25, 0.3) is 10.9 Å². The number of ether oxygens (including phenoxy) is 1. The Kier molecular flexibility index (Phi) is 9.75. The van der Waals surface area contributed by atoms with Crippen LogP contribution in [0.15, 0.2) is 59.6 Å². The number of carboxylic acids is 1. The highest BCUT2D eigenvalue weighted by Crippen LogP contribution is 2.36. The van der Waals surface area contributed by atoms with Crippen molar-refractivity contribution < 1.29 is 23.4 Å². The van der Waals surface area contributed by atoms with E-state index in [0.29, 0.717) is 35.5 Å². The van der Waals surface area contributed by atoms with Crippen molar-refractivity contribution in [2.45, 2.75) is 43.2 Å². The Bertz CT molecular complexity index is 1190. The first-order valence-corrected chi connectivity index (χ1v) is 13.8. The zero-order valence-corrected chi connectivity index (χ0v) is 21.9. The number of rotatable bonds is 12. The van der Waals surface area contributed by atoms with E-state index < -0.39 is 12.1 Å². The number of hydrogen-bond acceptors (Lipinski definition) is 5. The molecule has 0 aliphatic carbocycles. The molecule has 8 heteroatoms. The number of alkyl halides is 1. The Labute approximate surface area is 221 Å². The van der Waals surface area contributed by atoms with Gasteiger partial charge in [0.15, 0.2) is 0 Å². The minimum Gasteiger partial charge on any atom is -0.497 e. The van der Waals surface area contributed by atoms with Crippen molar-refractivity contribution >= 4 is 28.6 Å². The molecule has 1 saturated heterocycles. The average Bonchev–Trinajstić information content (AvgIpc) is 2.91. The van der Waals surface area contributed by atoms with E-state index in [0.717, 1.165) is 42.7 Å². The molecule has 0 bridgehead atoms. The molecule has 2 aromatic carbocycles. The summed E-state index contributed by atoms with van der Waals surface area (Å²) in [5, 5.41) is 10.0. The Morgan fingerprint density at radius 1 is 1.22 bits per heavy atom. The average molecular weight is 529 g/mol. The Morgan fingerprint density at radius 2 is 2.05 bits per heavy atom. The van der Waals surface area contributed by atoms with E-state index in [1.807, 2.05) is 24.3 Å². The van der Waals surface area contributed by atoms with E-state index >= 15 is 4.39 Å². The summed E-state index contributed by atoms with van der Waals surface area (Å²) >= 11 is 1.50. The highest BCUT2D eigenvalue weighted by molar-refractivity contribution is 7.99. The van der Waals surface area contributed by atoms with E-state index in [4.69, 9.17) is 4.74 Å². The number of aliphatic carboxylic acids is 1. The van der Waals surface area contributed by atoms with Gasteiger partial charge in [0.05, 0.1) is 12.6 Å². The third-order valence-corrected chi connectivity index (χ3v) is 8.35. The number of halogens is 2. The SMILES string of the molecule is COc1ccc2nccc([C@H](F)CC[C@@H]3CCN(CCSc4ccccc4F)C[C@H]3CCC(=O)O)c2c1. The molecule has 0 saturated carbocycles. The van der Waals surface area contributed by atoms with Crippen LogP contribution >= 0.6 is 11.8 Å². The minimum absolute atomic E-state index is 0.118. The van der Waals surface area contributed by atoms with Gasteiger partial charge in [-0.1, -0.05) is 12.1 Å². The van der Waals surface area contributed by atoms with Crippen LogP contribution in [0.1, 0.15) is 43.8 Å². The number of hydrogen-bond donors (Lipinski definition) is 1. The quantitative estimate of drug-likeness (QED) is 0.262. The van der Waals surface area contributed by atoms with Gasteiger partial charge in [-0.15, -0.1) is 11.8 Å². The number of pyridine rings is 1. The van der Waals surface area contributed by atoms with E-state index in [-0.39, 0.29) is 24.1 Å². The first kappa shape index (κ1) is 27.3. The highest BCUT2D eigenvalue weighted by atomic mass is 32.2. The lowest BCUT2D eigenvalue weighted by Gasteiger charge is -2.39. The molecule has 198 valence electrons. The zero-order chi connectivity index (χ0) is 26.2. The number of methoxy groups -OCH3 is 1. The molecule has 0 amide bonds. The lowest BCUT2D eigenvalue weighted by atomic mass is 9.79. The summed E-state index contributed by atoms with van der Waals surface area (Å²) in [5.74, 6) is 0.907. The molecular formula is C29H34F2N2O3S. The van der Waals surface area contributed by atoms with Crippen molar-refractivity contribution in [2.24, 2.45) is 11.8 Å². The van der Waals surface area contributed by atoms with Gasteiger partial charge in [0.2, 0.25) is 0 Å². The monoisotopic (exact) mass is 528 g/mol. The van der Waals surface area contributed by atoms with Crippen LogP contribution in [-0.4, -0.2) is 53.5 Å². The van der Waals surface area contributed by atoms with Gasteiger partial charge in [0.1, 0.15) is 17.7 Å². The predicted molar refractivity (Wildman–Crippen MR) is 143 cm³/mol. The maximum atomic E-state index is 15.5. The molecule has 1 fully saturated rings. The Hall–Kier alpha value is -2.71. The summed E-state index contributed by atoms with van der Waals surface area (Å²) in [4.78, 5) is 18.6. The molecule has 1 aliphatic heterocycles. The summed E-state index contributed by atoms with van der Waals surface area (Å²) in [6, 6.07) is 14.0. The number of thioether (sulfide) groups is 1. The fourth-order valence-corrected chi connectivity index (χ4v) is 6.23. The van der Waals surface area contributed by atoms with Gasteiger partial charge in [-0.05, 0) is 86.0 Å². The molecule has 37 heavy (non-hydrogen) atoms. The van der Waals surface area contributed by atoms with Crippen LogP contribution < -0.4 is 4.74 Å². The van der Waals surface area contributed by atoms with Crippen LogP contribution in [0.5, 0.6) is 5.75 Å². The molecule has 1 aliphatic rings. The zero-order valence-electron chi connectivity index (χ0n) is 21.1. The second-order valence-corrected chi connectivity index (χ2v) is 10.8. The smallest absolute Gasteiger partial charge is 0.303 e. The molecule has 4 rings (SSSR count).